The fourth-order valence-corrected chi connectivity index (χ4v) is 3.02. The van der Waals surface area contributed by atoms with Crippen molar-refractivity contribution in [3.05, 3.63) is 28.8 Å². The molecule has 0 unspecified atom stereocenters. The van der Waals surface area contributed by atoms with E-state index in [0.29, 0.717) is 5.41 Å². The van der Waals surface area contributed by atoms with Gasteiger partial charge in [0, 0.05) is 30.3 Å². The molecule has 3 heteroatoms. The van der Waals surface area contributed by atoms with Crippen molar-refractivity contribution < 1.29 is 0 Å². The minimum absolute atomic E-state index is 0.412. The highest BCUT2D eigenvalue weighted by atomic mass is 35.5. The Kier molecular flexibility index (Phi) is 4.18. The van der Waals surface area contributed by atoms with Gasteiger partial charge in [-0.3, -0.25) is 0 Å². The van der Waals surface area contributed by atoms with Gasteiger partial charge in [0.1, 0.15) is 0 Å². The van der Waals surface area contributed by atoms with Gasteiger partial charge in [0.15, 0.2) is 0 Å². The molecule has 1 aliphatic heterocycles. The van der Waals surface area contributed by atoms with Crippen LogP contribution in [-0.4, -0.2) is 20.1 Å². The quantitative estimate of drug-likeness (QED) is 0.898. The number of nitrogens with zero attached hydrogens (tertiary/aromatic N) is 1. The summed E-state index contributed by atoms with van der Waals surface area (Å²) in [6.45, 7) is 7.86. The summed E-state index contributed by atoms with van der Waals surface area (Å²) in [5.74, 6) is 0. The van der Waals surface area contributed by atoms with Crippen LogP contribution in [0, 0.1) is 5.41 Å². The van der Waals surface area contributed by atoms with E-state index in [1.54, 1.807) is 0 Å². The second kappa shape index (κ2) is 5.50. The molecule has 0 bridgehead atoms. The number of rotatable bonds is 3. The lowest BCUT2D eigenvalue weighted by Gasteiger charge is -2.40. The van der Waals surface area contributed by atoms with Gasteiger partial charge in [-0.05, 0) is 49.1 Å². The summed E-state index contributed by atoms with van der Waals surface area (Å²) >= 11 is 6.10. The van der Waals surface area contributed by atoms with Gasteiger partial charge < -0.3 is 10.2 Å². The lowest BCUT2D eigenvalue weighted by molar-refractivity contribution is 0.293. The Morgan fingerprint density at radius 2 is 2.17 bits per heavy atom. The van der Waals surface area contributed by atoms with Crippen LogP contribution in [0.5, 0.6) is 0 Å². The first kappa shape index (κ1) is 13.7. The van der Waals surface area contributed by atoms with E-state index in [0.717, 1.165) is 24.7 Å². The molecule has 0 atom stereocenters. The standard InChI is InChI=1S/C15H23ClN2/c1-15(2)7-4-8-18(11-15)14-6-5-13(16)9-12(14)10-17-3/h5-6,9,17H,4,7-8,10-11H2,1-3H3. The topological polar surface area (TPSA) is 15.3 Å². The summed E-state index contributed by atoms with van der Waals surface area (Å²) in [6, 6.07) is 6.24. The zero-order valence-electron chi connectivity index (χ0n) is 11.6. The third-order valence-corrected chi connectivity index (χ3v) is 3.89. The van der Waals surface area contributed by atoms with Gasteiger partial charge in [-0.15, -0.1) is 0 Å². The molecule has 100 valence electrons. The predicted molar refractivity (Wildman–Crippen MR) is 79.4 cm³/mol. The van der Waals surface area contributed by atoms with Gasteiger partial charge in [-0.1, -0.05) is 25.4 Å². The number of benzene rings is 1. The summed E-state index contributed by atoms with van der Waals surface area (Å²) in [7, 11) is 1.98. The van der Waals surface area contributed by atoms with Crippen molar-refractivity contribution >= 4 is 17.3 Å². The molecule has 1 aromatic rings. The molecular weight excluding hydrogens is 244 g/mol. The average molecular weight is 267 g/mol. The normalized spacial score (nSPS) is 19.0. The second-order valence-electron chi connectivity index (χ2n) is 5.99. The number of piperidine rings is 1. The summed E-state index contributed by atoms with van der Waals surface area (Å²) in [5.41, 5.74) is 3.04. The molecule has 1 aromatic carbocycles. The summed E-state index contributed by atoms with van der Waals surface area (Å²) in [6.07, 6.45) is 2.59. The summed E-state index contributed by atoms with van der Waals surface area (Å²) in [4.78, 5) is 2.51. The molecule has 1 aliphatic rings. The van der Waals surface area contributed by atoms with E-state index >= 15 is 0 Å². The predicted octanol–water partition coefficient (Wildman–Crippen LogP) is 3.69. The minimum atomic E-state index is 0.412. The van der Waals surface area contributed by atoms with Crippen molar-refractivity contribution in [3.8, 4) is 0 Å². The SMILES string of the molecule is CNCc1cc(Cl)ccc1N1CCCC(C)(C)C1. The van der Waals surface area contributed by atoms with Crippen LogP contribution in [0.4, 0.5) is 5.69 Å². The average Bonchev–Trinajstić information content (AvgIpc) is 2.28. The maximum Gasteiger partial charge on any atom is 0.0413 e. The molecule has 1 heterocycles. The van der Waals surface area contributed by atoms with Crippen molar-refractivity contribution in [1.29, 1.82) is 0 Å². The zero-order valence-corrected chi connectivity index (χ0v) is 12.3. The summed E-state index contributed by atoms with van der Waals surface area (Å²) in [5, 5.41) is 4.05. The Hall–Kier alpha value is -0.730. The van der Waals surface area contributed by atoms with E-state index in [-0.39, 0.29) is 0 Å². The lowest BCUT2D eigenvalue weighted by Crippen LogP contribution is -2.40. The van der Waals surface area contributed by atoms with Gasteiger partial charge in [-0.2, -0.15) is 0 Å². The monoisotopic (exact) mass is 266 g/mol. The van der Waals surface area contributed by atoms with Crippen molar-refractivity contribution in [1.82, 2.24) is 5.32 Å². The highest BCUT2D eigenvalue weighted by Crippen LogP contribution is 2.33. The number of hydrogen-bond donors (Lipinski definition) is 1. The smallest absolute Gasteiger partial charge is 0.0413 e. The van der Waals surface area contributed by atoms with Crippen LogP contribution in [0.25, 0.3) is 0 Å². The van der Waals surface area contributed by atoms with Crippen molar-refractivity contribution in [2.75, 3.05) is 25.0 Å². The van der Waals surface area contributed by atoms with Crippen LogP contribution in [0.3, 0.4) is 0 Å². The van der Waals surface area contributed by atoms with Crippen molar-refractivity contribution in [2.24, 2.45) is 5.41 Å². The molecule has 2 nitrogen and oxygen atoms in total. The largest absolute Gasteiger partial charge is 0.371 e. The Labute approximate surface area is 115 Å². The van der Waals surface area contributed by atoms with Gasteiger partial charge in [0.25, 0.3) is 0 Å². The Balaban J connectivity index is 2.26. The molecule has 1 fully saturated rings. The maximum absolute atomic E-state index is 6.10. The van der Waals surface area contributed by atoms with Crippen LogP contribution >= 0.6 is 11.6 Å². The van der Waals surface area contributed by atoms with Gasteiger partial charge in [-0.25, -0.2) is 0 Å². The molecule has 0 aromatic heterocycles. The molecular formula is C15H23ClN2. The maximum atomic E-state index is 6.10. The lowest BCUT2D eigenvalue weighted by atomic mass is 9.84. The van der Waals surface area contributed by atoms with Crippen LogP contribution in [-0.2, 0) is 6.54 Å². The molecule has 0 spiro atoms. The molecule has 1 saturated heterocycles. The first-order chi connectivity index (χ1) is 8.52. The van der Waals surface area contributed by atoms with Crippen molar-refractivity contribution in [2.45, 2.75) is 33.2 Å². The third kappa shape index (κ3) is 3.18. The highest BCUT2D eigenvalue weighted by Gasteiger charge is 2.27. The third-order valence-electron chi connectivity index (χ3n) is 3.65. The molecule has 0 radical (unpaired) electrons. The number of hydrogen-bond acceptors (Lipinski definition) is 2. The Bertz CT molecular complexity index is 415. The van der Waals surface area contributed by atoms with E-state index in [4.69, 9.17) is 11.6 Å². The fraction of sp³-hybridized carbons (Fsp3) is 0.600. The van der Waals surface area contributed by atoms with E-state index < -0.39 is 0 Å². The van der Waals surface area contributed by atoms with E-state index in [2.05, 4.69) is 36.2 Å². The Morgan fingerprint density at radius 3 is 2.83 bits per heavy atom. The first-order valence-corrected chi connectivity index (χ1v) is 7.08. The first-order valence-electron chi connectivity index (χ1n) is 6.70. The van der Waals surface area contributed by atoms with Crippen LogP contribution in [0.15, 0.2) is 18.2 Å². The number of nitrogens with one attached hydrogen (secondary N) is 1. The van der Waals surface area contributed by atoms with Gasteiger partial charge in [0.2, 0.25) is 0 Å². The molecule has 2 rings (SSSR count). The molecule has 0 amide bonds. The van der Waals surface area contributed by atoms with Crippen molar-refractivity contribution in [3.63, 3.8) is 0 Å². The molecule has 0 saturated carbocycles. The van der Waals surface area contributed by atoms with Crippen LogP contribution < -0.4 is 10.2 Å². The Morgan fingerprint density at radius 1 is 1.39 bits per heavy atom. The van der Waals surface area contributed by atoms with E-state index in [9.17, 15) is 0 Å². The highest BCUT2D eigenvalue weighted by molar-refractivity contribution is 6.30. The number of halogens is 1. The second-order valence-corrected chi connectivity index (χ2v) is 6.43. The minimum Gasteiger partial charge on any atom is -0.371 e. The zero-order chi connectivity index (χ0) is 13.2. The van der Waals surface area contributed by atoms with E-state index in [1.807, 2.05) is 13.1 Å². The molecule has 0 aliphatic carbocycles. The van der Waals surface area contributed by atoms with Gasteiger partial charge in [0.05, 0.1) is 0 Å². The van der Waals surface area contributed by atoms with E-state index in [1.165, 1.54) is 24.1 Å². The van der Waals surface area contributed by atoms with Gasteiger partial charge >= 0.3 is 0 Å². The number of anilines is 1. The fourth-order valence-electron chi connectivity index (χ4n) is 2.82. The summed E-state index contributed by atoms with van der Waals surface area (Å²) < 4.78 is 0. The van der Waals surface area contributed by atoms with Crippen LogP contribution in [0.1, 0.15) is 32.3 Å². The molecule has 1 N–H and O–H groups in total. The van der Waals surface area contributed by atoms with Crippen LogP contribution in [0.2, 0.25) is 5.02 Å². The molecule has 18 heavy (non-hydrogen) atoms.